The summed E-state index contributed by atoms with van der Waals surface area (Å²) < 4.78 is 37.4. The normalized spacial score (nSPS) is 16.6. The first-order chi connectivity index (χ1) is 9.00. The Kier molecular flexibility index (Phi) is 4.17. The fraction of sp³-hybridized carbons (Fsp3) is 0.467. The zero-order valence-corrected chi connectivity index (χ0v) is 11.0. The van der Waals surface area contributed by atoms with Crippen LogP contribution in [0.3, 0.4) is 0 Å². The van der Waals surface area contributed by atoms with Gasteiger partial charge in [-0.25, -0.2) is 0 Å². The minimum Gasteiger partial charge on any atom is -0.371 e. The van der Waals surface area contributed by atoms with Crippen LogP contribution in [0.15, 0.2) is 35.9 Å². The highest BCUT2D eigenvalue weighted by Gasteiger charge is 2.30. The van der Waals surface area contributed by atoms with Crippen LogP contribution in [0, 0.1) is 0 Å². The molecule has 0 saturated carbocycles. The summed E-state index contributed by atoms with van der Waals surface area (Å²) in [7, 11) is 0. The third-order valence-electron chi connectivity index (χ3n) is 3.46. The minimum atomic E-state index is -4.25. The van der Waals surface area contributed by atoms with Crippen LogP contribution >= 0.6 is 0 Å². The average molecular weight is 269 g/mol. The van der Waals surface area contributed by atoms with Crippen LogP contribution in [0.25, 0.3) is 0 Å². The Bertz CT molecular complexity index is 435. The Balaban J connectivity index is 2.02. The van der Waals surface area contributed by atoms with E-state index in [1.165, 1.54) is 5.57 Å². The Hall–Kier alpha value is -1.45. The van der Waals surface area contributed by atoms with Gasteiger partial charge in [0.05, 0.1) is 5.56 Å². The van der Waals surface area contributed by atoms with E-state index in [0.29, 0.717) is 0 Å². The van der Waals surface area contributed by atoms with Crippen LogP contribution in [-0.4, -0.2) is 13.1 Å². The molecule has 1 aromatic rings. The first kappa shape index (κ1) is 14.0. The molecule has 0 unspecified atom stereocenters. The van der Waals surface area contributed by atoms with E-state index in [4.69, 9.17) is 0 Å². The Morgan fingerprint density at radius 2 is 1.68 bits per heavy atom. The van der Waals surface area contributed by atoms with Gasteiger partial charge in [0.2, 0.25) is 0 Å². The molecule has 0 bridgehead atoms. The van der Waals surface area contributed by atoms with Crippen LogP contribution in [0.1, 0.15) is 31.7 Å². The van der Waals surface area contributed by atoms with Gasteiger partial charge in [-0.1, -0.05) is 18.6 Å². The lowest BCUT2D eigenvalue weighted by Gasteiger charge is -2.30. The molecule has 4 heteroatoms. The lowest BCUT2D eigenvalue weighted by Crippen LogP contribution is -2.30. The number of allylic oxidation sites excluding steroid dienone is 1. The van der Waals surface area contributed by atoms with E-state index in [9.17, 15) is 13.2 Å². The Morgan fingerprint density at radius 3 is 2.16 bits per heavy atom. The highest BCUT2D eigenvalue weighted by Crippen LogP contribution is 2.31. The van der Waals surface area contributed by atoms with Gasteiger partial charge in [0, 0.05) is 18.8 Å². The fourth-order valence-electron chi connectivity index (χ4n) is 2.41. The smallest absolute Gasteiger partial charge is 0.371 e. The summed E-state index contributed by atoms with van der Waals surface area (Å²) in [6, 6.07) is 5.45. The Labute approximate surface area is 111 Å². The maximum absolute atomic E-state index is 12.5. The summed E-state index contributed by atoms with van der Waals surface area (Å²) in [4.78, 5) is 2.15. The van der Waals surface area contributed by atoms with E-state index in [0.717, 1.165) is 50.2 Å². The third kappa shape index (κ3) is 3.52. The predicted molar refractivity (Wildman–Crippen MR) is 71.3 cm³/mol. The van der Waals surface area contributed by atoms with E-state index >= 15 is 0 Å². The molecule has 1 heterocycles. The van der Waals surface area contributed by atoms with Gasteiger partial charge in [0.1, 0.15) is 0 Å². The molecule has 0 amide bonds. The molecule has 1 nitrogen and oxygen atoms in total. The van der Waals surface area contributed by atoms with Gasteiger partial charge in [0.15, 0.2) is 0 Å². The summed E-state index contributed by atoms with van der Waals surface area (Å²) in [5, 5.41) is 0. The molecule has 0 spiro atoms. The largest absolute Gasteiger partial charge is 0.416 e. The molecule has 0 atom stereocenters. The molecule has 1 fully saturated rings. The lowest BCUT2D eigenvalue weighted by atomic mass is 10.0. The van der Waals surface area contributed by atoms with Crippen molar-refractivity contribution in [1.82, 2.24) is 0 Å². The number of hydrogen-bond acceptors (Lipinski definition) is 1. The van der Waals surface area contributed by atoms with Crippen LogP contribution in [0.2, 0.25) is 0 Å². The summed E-state index contributed by atoms with van der Waals surface area (Å²) in [6.45, 7) is 3.89. The van der Waals surface area contributed by atoms with Crippen molar-refractivity contribution in [1.29, 1.82) is 0 Å². The van der Waals surface area contributed by atoms with Crippen molar-refractivity contribution in [3.63, 3.8) is 0 Å². The molecule has 1 aliphatic heterocycles. The quantitative estimate of drug-likeness (QED) is 0.707. The number of nitrogens with zero attached hydrogens (tertiary/aromatic N) is 1. The summed E-state index contributed by atoms with van der Waals surface area (Å²) in [5.41, 5.74) is 1.76. The summed E-state index contributed by atoms with van der Waals surface area (Å²) in [6.07, 6.45) is 1.07. The highest BCUT2D eigenvalue weighted by molar-refractivity contribution is 5.49. The number of piperidine rings is 1. The molecule has 0 aliphatic carbocycles. The van der Waals surface area contributed by atoms with Gasteiger partial charge < -0.3 is 4.90 Å². The van der Waals surface area contributed by atoms with Crippen molar-refractivity contribution in [3.8, 4) is 0 Å². The van der Waals surface area contributed by atoms with Gasteiger partial charge in [0.25, 0.3) is 0 Å². The van der Waals surface area contributed by atoms with Crippen molar-refractivity contribution in [2.24, 2.45) is 0 Å². The van der Waals surface area contributed by atoms with Crippen LogP contribution in [0.5, 0.6) is 0 Å². The summed E-state index contributed by atoms with van der Waals surface area (Å²) in [5.74, 6) is 0. The number of benzene rings is 1. The van der Waals surface area contributed by atoms with E-state index in [1.807, 2.05) is 0 Å². The molecule has 1 saturated heterocycles. The minimum absolute atomic E-state index is 0.583. The maximum atomic E-state index is 12.5. The second-order valence-electron chi connectivity index (χ2n) is 4.80. The van der Waals surface area contributed by atoms with Crippen molar-refractivity contribution in [2.45, 2.75) is 32.4 Å². The molecular formula is C15H18F3N. The molecule has 19 heavy (non-hydrogen) atoms. The first-order valence-corrected chi connectivity index (χ1v) is 6.61. The number of halogens is 3. The molecule has 0 aromatic heterocycles. The number of anilines is 1. The van der Waals surface area contributed by atoms with Gasteiger partial charge in [-0.3, -0.25) is 0 Å². The maximum Gasteiger partial charge on any atom is 0.416 e. The topological polar surface area (TPSA) is 3.24 Å². The SMILES string of the molecule is CCC=C1CCN(c2ccc(C(F)(F)F)cc2)CC1. The molecule has 2 rings (SSSR count). The second-order valence-corrected chi connectivity index (χ2v) is 4.80. The number of hydrogen-bond donors (Lipinski definition) is 0. The number of rotatable bonds is 2. The molecule has 1 aliphatic rings. The third-order valence-corrected chi connectivity index (χ3v) is 3.46. The van der Waals surface area contributed by atoms with Gasteiger partial charge >= 0.3 is 6.18 Å². The molecule has 104 valence electrons. The molecule has 1 aromatic carbocycles. The van der Waals surface area contributed by atoms with E-state index < -0.39 is 11.7 Å². The number of alkyl halides is 3. The van der Waals surface area contributed by atoms with Crippen LogP contribution in [-0.2, 0) is 6.18 Å². The molecular weight excluding hydrogens is 251 g/mol. The van der Waals surface area contributed by atoms with E-state index in [-0.39, 0.29) is 0 Å². The van der Waals surface area contributed by atoms with Gasteiger partial charge in [-0.2, -0.15) is 13.2 Å². The fourth-order valence-corrected chi connectivity index (χ4v) is 2.41. The lowest BCUT2D eigenvalue weighted by molar-refractivity contribution is -0.137. The van der Waals surface area contributed by atoms with E-state index in [2.05, 4.69) is 17.9 Å². The zero-order valence-electron chi connectivity index (χ0n) is 11.0. The average Bonchev–Trinajstić information content (AvgIpc) is 2.39. The van der Waals surface area contributed by atoms with Crippen LogP contribution < -0.4 is 4.90 Å². The highest BCUT2D eigenvalue weighted by atomic mass is 19.4. The van der Waals surface area contributed by atoms with Crippen molar-refractivity contribution in [3.05, 3.63) is 41.5 Å². The Morgan fingerprint density at radius 1 is 1.11 bits per heavy atom. The first-order valence-electron chi connectivity index (χ1n) is 6.61. The van der Waals surface area contributed by atoms with Crippen molar-refractivity contribution < 1.29 is 13.2 Å². The molecule has 0 N–H and O–H groups in total. The van der Waals surface area contributed by atoms with Gasteiger partial charge in [-0.15, -0.1) is 0 Å². The van der Waals surface area contributed by atoms with Crippen LogP contribution in [0.4, 0.5) is 18.9 Å². The summed E-state index contributed by atoms with van der Waals surface area (Å²) >= 11 is 0. The zero-order chi connectivity index (χ0) is 13.9. The monoisotopic (exact) mass is 269 g/mol. The second kappa shape index (κ2) is 5.68. The van der Waals surface area contributed by atoms with Gasteiger partial charge in [-0.05, 0) is 43.5 Å². The van der Waals surface area contributed by atoms with Crippen molar-refractivity contribution in [2.75, 3.05) is 18.0 Å². The van der Waals surface area contributed by atoms with E-state index in [1.54, 1.807) is 12.1 Å². The predicted octanol–water partition coefficient (Wildman–Crippen LogP) is 4.64. The van der Waals surface area contributed by atoms with Crippen molar-refractivity contribution >= 4 is 5.69 Å². The molecule has 0 radical (unpaired) electrons. The standard InChI is InChI=1S/C15H18F3N/c1-2-3-12-8-10-19(11-9-12)14-6-4-13(5-7-14)15(16,17)18/h3-7H,2,8-11H2,1H3.